The van der Waals surface area contributed by atoms with Crippen LogP contribution in [-0.2, 0) is 4.74 Å². The lowest BCUT2D eigenvalue weighted by molar-refractivity contribution is -0.0435. The van der Waals surface area contributed by atoms with Crippen LogP contribution < -0.4 is 11.3 Å². The van der Waals surface area contributed by atoms with Crippen molar-refractivity contribution in [1.82, 2.24) is 14.5 Å². The summed E-state index contributed by atoms with van der Waals surface area (Å²) in [6.07, 6.45) is 3.71. The van der Waals surface area contributed by atoms with E-state index >= 15 is 0 Å². The number of nitrogens with zero attached hydrogens (tertiary/aromatic N) is 2. The van der Waals surface area contributed by atoms with Crippen LogP contribution >= 0.6 is 11.6 Å². The maximum Gasteiger partial charge on any atom is 0.261 e. The molecule has 0 aliphatic carbocycles. The highest BCUT2D eigenvalue weighted by Gasteiger charge is 2.55. The molecule has 1 saturated heterocycles. The van der Waals surface area contributed by atoms with E-state index in [1.807, 2.05) is 0 Å². The van der Waals surface area contributed by atoms with Crippen molar-refractivity contribution < 1.29 is 14.9 Å². The third-order valence-electron chi connectivity index (χ3n) is 3.70. The van der Waals surface area contributed by atoms with E-state index in [1.54, 1.807) is 0 Å². The predicted molar refractivity (Wildman–Crippen MR) is 79.2 cm³/mol. The van der Waals surface area contributed by atoms with Crippen molar-refractivity contribution in [2.24, 2.45) is 0 Å². The Balaban J connectivity index is 2.19. The third-order valence-corrected chi connectivity index (χ3v) is 4.22. The topological polar surface area (TPSA) is 126 Å². The molecule has 3 heterocycles. The molecule has 0 spiro atoms. The fraction of sp³-hybridized carbons (Fsp3) is 0.385. The first-order valence-electron chi connectivity index (χ1n) is 6.39. The smallest absolute Gasteiger partial charge is 0.261 e. The second-order valence-corrected chi connectivity index (χ2v) is 5.60. The number of aromatic nitrogens is 3. The number of terminal acetylenes is 1. The van der Waals surface area contributed by atoms with E-state index in [9.17, 15) is 15.0 Å². The summed E-state index contributed by atoms with van der Waals surface area (Å²) in [6, 6.07) is 1.51. The summed E-state index contributed by atoms with van der Waals surface area (Å²) in [7, 11) is 0. The van der Waals surface area contributed by atoms with Gasteiger partial charge in [0.1, 0.15) is 12.2 Å². The number of rotatable bonds is 2. The van der Waals surface area contributed by atoms with E-state index in [-0.39, 0.29) is 17.0 Å². The van der Waals surface area contributed by atoms with Crippen LogP contribution in [0.3, 0.4) is 0 Å². The van der Waals surface area contributed by atoms with Crippen molar-refractivity contribution in [3.63, 3.8) is 0 Å². The zero-order valence-corrected chi connectivity index (χ0v) is 12.0. The highest BCUT2D eigenvalue weighted by atomic mass is 35.5. The molecule has 1 unspecified atom stereocenters. The zero-order chi connectivity index (χ0) is 16.1. The third kappa shape index (κ3) is 1.91. The number of halogens is 1. The van der Waals surface area contributed by atoms with Gasteiger partial charge in [-0.15, -0.1) is 6.42 Å². The van der Waals surface area contributed by atoms with Gasteiger partial charge in [0, 0.05) is 6.20 Å². The van der Waals surface area contributed by atoms with Crippen molar-refractivity contribution in [3.05, 3.63) is 22.6 Å². The molecule has 2 aromatic rings. The summed E-state index contributed by atoms with van der Waals surface area (Å²) < 4.78 is 6.98. The van der Waals surface area contributed by atoms with Crippen molar-refractivity contribution in [1.29, 1.82) is 0 Å². The van der Waals surface area contributed by atoms with Crippen LogP contribution in [0.5, 0.6) is 0 Å². The molecule has 0 amide bonds. The number of aliphatic hydroxyl groups excluding tert-OH is 2. The van der Waals surface area contributed by atoms with Crippen LogP contribution in [0, 0.1) is 12.3 Å². The average molecular weight is 325 g/mol. The Kier molecular flexibility index (Phi) is 3.38. The van der Waals surface area contributed by atoms with Gasteiger partial charge in [-0.3, -0.25) is 9.78 Å². The number of aromatic amines is 1. The maximum atomic E-state index is 11.9. The number of H-pyrrole nitrogens is 1. The van der Waals surface area contributed by atoms with Crippen LogP contribution in [-0.4, -0.2) is 48.4 Å². The van der Waals surface area contributed by atoms with Crippen LogP contribution in [0.4, 0.5) is 5.95 Å². The summed E-state index contributed by atoms with van der Waals surface area (Å²) in [5, 5.41) is 19.7. The number of aliphatic hydroxyl groups is 2. The Labute approximate surface area is 129 Å². The number of anilines is 1. The molecule has 0 saturated carbocycles. The normalized spacial score (nSPS) is 31.5. The second-order valence-electron chi connectivity index (χ2n) is 4.98. The highest BCUT2D eigenvalue weighted by Crippen LogP contribution is 2.43. The van der Waals surface area contributed by atoms with Crippen molar-refractivity contribution in [2.75, 3.05) is 12.3 Å². The van der Waals surface area contributed by atoms with E-state index in [1.165, 1.54) is 16.8 Å². The summed E-state index contributed by atoms with van der Waals surface area (Å²) in [6.45, 7) is -0.455. The number of ether oxygens (including phenoxy) is 1. The quantitative estimate of drug-likeness (QED) is 0.422. The highest BCUT2D eigenvalue weighted by molar-refractivity contribution is 6.27. The number of hydrogen-bond acceptors (Lipinski definition) is 6. The minimum absolute atomic E-state index is 0.0735. The molecule has 0 bridgehead atoms. The molecule has 3 rings (SSSR count). The van der Waals surface area contributed by atoms with E-state index < -0.39 is 35.5 Å². The van der Waals surface area contributed by atoms with Crippen LogP contribution in [0.1, 0.15) is 6.23 Å². The zero-order valence-electron chi connectivity index (χ0n) is 11.2. The minimum Gasteiger partial charge on any atom is -0.394 e. The van der Waals surface area contributed by atoms with Gasteiger partial charge in [0.15, 0.2) is 16.7 Å². The minimum atomic E-state index is -1.61. The van der Waals surface area contributed by atoms with Gasteiger partial charge in [-0.1, -0.05) is 17.5 Å². The predicted octanol–water partition coefficient (Wildman–Crippen LogP) is -0.832. The molecule has 9 heteroatoms. The monoisotopic (exact) mass is 324 g/mol. The van der Waals surface area contributed by atoms with E-state index in [4.69, 9.17) is 28.5 Å². The number of nitrogens with one attached hydrogen (secondary N) is 1. The van der Waals surface area contributed by atoms with Gasteiger partial charge in [-0.05, 0) is 6.07 Å². The number of alkyl halides is 1. The Morgan fingerprint density at radius 2 is 2.41 bits per heavy atom. The van der Waals surface area contributed by atoms with Crippen molar-refractivity contribution >= 4 is 28.6 Å². The van der Waals surface area contributed by atoms with E-state index in [0.717, 1.165) is 0 Å². The Bertz CT molecular complexity index is 826. The molecule has 4 atom stereocenters. The Morgan fingerprint density at radius 1 is 1.68 bits per heavy atom. The fourth-order valence-electron chi connectivity index (χ4n) is 2.57. The standard InChI is InChI=1S/C13H13ClN4O4/c1-2-13(14)8(20)7(5-19)22-11(13)18-4-3-6-9(18)16-12(15)17-10(6)21/h1,3-4,7-8,11,19-20H,5H2,(H3,15,16,17,21)/t7-,8?,11-,13-/m1/s1. The lowest BCUT2D eigenvalue weighted by atomic mass is 9.99. The fourth-order valence-corrected chi connectivity index (χ4v) is 2.87. The molecule has 1 aliphatic rings. The van der Waals surface area contributed by atoms with Gasteiger partial charge in [0.25, 0.3) is 5.56 Å². The van der Waals surface area contributed by atoms with Gasteiger partial charge in [-0.25, -0.2) is 0 Å². The van der Waals surface area contributed by atoms with Crippen LogP contribution in [0.2, 0.25) is 0 Å². The van der Waals surface area contributed by atoms with Crippen molar-refractivity contribution in [2.45, 2.75) is 23.3 Å². The first-order chi connectivity index (χ1) is 10.4. The SMILES string of the molecule is C#C[C@@]1(Cl)C(O)[C@@H](CO)O[C@H]1n1ccc2c(=O)[nH]c(N)nc21. The largest absolute Gasteiger partial charge is 0.394 e. The lowest BCUT2D eigenvalue weighted by Crippen LogP contribution is -2.41. The van der Waals surface area contributed by atoms with Gasteiger partial charge in [-0.2, -0.15) is 4.98 Å². The molecule has 5 N–H and O–H groups in total. The molecule has 0 radical (unpaired) electrons. The number of nitrogens with two attached hydrogens (primary N) is 1. The van der Waals surface area contributed by atoms with Gasteiger partial charge >= 0.3 is 0 Å². The molecule has 116 valence electrons. The number of nitrogen functional groups attached to an aromatic ring is 1. The first-order valence-corrected chi connectivity index (χ1v) is 6.77. The van der Waals surface area contributed by atoms with Crippen LogP contribution in [0.25, 0.3) is 11.0 Å². The summed E-state index contributed by atoms with van der Waals surface area (Å²) in [4.78, 5) is 16.7. The molecule has 1 aliphatic heterocycles. The Hall–Kier alpha value is -2.05. The molecule has 0 aromatic carbocycles. The van der Waals surface area contributed by atoms with E-state index in [0.29, 0.717) is 0 Å². The summed E-state index contributed by atoms with van der Waals surface area (Å²) in [5.74, 6) is 2.23. The summed E-state index contributed by atoms with van der Waals surface area (Å²) >= 11 is 6.33. The van der Waals surface area contributed by atoms with Gasteiger partial charge in [0.2, 0.25) is 5.95 Å². The summed E-state index contributed by atoms with van der Waals surface area (Å²) in [5.41, 5.74) is 5.35. The molecule has 22 heavy (non-hydrogen) atoms. The molecular formula is C13H13ClN4O4. The lowest BCUT2D eigenvalue weighted by Gasteiger charge is -2.25. The van der Waals surface area contributed by atoms with Gasteiger partial charge in [0.05, 0.1) is 12.0 Å². The van der Waals surface area contributed by atoms with Gasteiger partial charge < -0.3 is 25.3 Å². The molecule has 1 fully saturated rings. The maximum absolute atomic E-state index is 11.9. The number of fused-ring (bicyclic) bond motifs is 1. The molecular weight excluding hydrogens is 312 g/mol. The van der Waals surface area contributed by atoms with E-state index in [2.05, 4.69) is 15.9 Å². The first kappa shape index (κ1) is 14.9. The van der Waals surface area contributed by atoms with Crippen LogP contribution in [0.15, 0.2) is 17.1 Å². The number of hydrogen-bond donors (Lipinski definition) is 4. The Morgan fingerprint density at radius 3 is 3.05 bits per heavy atom. The second kappa shape index (κ2) is 5.00. The molecule has 8 nitrogen and oxygen atoms in total. The average Bonchev–Trinajstić information content (AvgIpc) is 3.00. The van der Waals surface area contributed by atoms with Crippen molar-refractivity contribution in [3.8, 4) is 12.3 Å². The molecule has 2 aromatic heterocycles.